The fourth-order valence-electron chi connectivity index (χ4n) is 1.47. The molecule has 1 rings (SSSR count). The quantitative estimate of drug-likeness (QED) is 0.888. The van der Waals surface area contributed by atoms with E-state index in [0.29, 0.717) is 17.9 Å². The molecule has 0 aliphatic heterocycles. The molecule has 0 saturated heterocycles. The number of methoxy groups -OCH3 is 1. The minimum Gasteiger partial charge on any atom is -0.495 e. The second-order valence-electron chi connectivity index (χ2n) is 4.46. The summed E-state index contributed by atoms with van der Waals surface area (Å²) in [6, 6.07) is 7.56. The van der Waals surface area contributed by atoms with Gasteiger partial charge in [0.05, 0.1) is 18.9 Å². The Balaban J connectivity index is 3.02. The van der Waals surface area contributed by atoms with Crippen LogP contribution >= 0.6 is 0 Å². The largest absolute Gasteiger partial charge is 0.495 e. The fourth-order valence-corrected chi connectivity index (χ4v) is 1.47. The van der Waals surface area contributed by atoms with Crippen molar-refractivity contribution >= 4 is 11.6 Å². The summed E-state index contributed by atoms with van der Waals surface area (Å²) in [5.74, 6) is 0.279. The van der Waals surface area contributed by atoms with Crippen LogP contribution in [0.3, 0.4) is 0 Å². The molecular formula is C14H18N2O2. The highest BCUT2D eigenvalue weighted by atomic mass is 16.5. The standard InChI is InChI=1S/C14H18N2O2/c1-5-14(3,9-15)13(17)16-11-8-10(2)6-7-12(11)18-4/h6-8H,5H2,1-4H3,(H,16,17). The molecule has 0 spiro atoms. The molecule has 96 valence electrons. The molecule has 0 saturated carbocycles. The average Bonchev–Trinajstić information content (AvgIpc) is 2.38. The molecule has 1 N–H and O–H groups in total. The highest BCUT2D eigenvalue weighted by molar-refractivity contribution is 5.98. The lowest BCUT2D eigenvalue weighted by molar-refractivity contribution is -0.122. The van der Waals surface area contributed by atoms with E-state index in [1.165, 1.54) is 0 Å². The van der Waals surface area contributed by atoms with Gasteiger partial charge in [-0.15, -0.1) is 0 Å². The summed E-state index contributed by atoms with van der Waals surface area (Å²) in [7, 11) is 1.55. The summed E-state index contributed by atoms with van der Waals surface area (Å²) < 4.78 is 5.18. The van der Waals surface area contributed by atoms with Gasteiger partial charge in [-0.25, -0.2) is 0 Å². The summed E-state index contributed by atoms with van der Waals surface area (Å²) in [6.07, 6.45) is 0.462. The number of carbonyl (C=O) groups is 1. The van der Waals surface area contributed by atoms with Crippen LogP contribution in [-0.4, -0.2) is 13.0 Å². The molecule has 1 aromatic rings. The predicted octanol–water partition coefficient (Wildman–Crippen LogP) is 2.88. The van der Waals surface area contributed by atoms with Gasteiger partial charge in [0.25, 0.3) is 0 Å². The van der Waals surface area contributed by atoms with Crippen LogP contribution in [0.4, 0.5) is 5.69 Å². The van der Waals surface area contributed by atoms with Gasteiger partial charge in [-0.3, -0.25) is 4.79 Å². The second kappa shape index (κ2) is 5.54. The number of hydrogen-bond donors (Lipinski definition) is 1. The maximum atomic E-state index is 12.1. The molecule has 1 unspecified atom stereocenters. The number of rotatable bonds is 4. The van der Waals surface area contributed by atoms with E-state index in [1.54, 1.807) is 20.1 Å². The van der Waals surface area contributed by atoms with Crippen LogP contribution in [-0.2, 0) is 4.79 Å². The Labute approximate surface area is 108 Å². The molecule has 0 heterocycles. The average molecular weight is 246 g/mol. The zero-order valence-electron chi connectivity index (χ0n) is 11.2. The second-order valence-corrected chi connectivity index (χ2v) is 4.46. The van der Waals surface area contributed by atoms with Crippen LogP contribution in [0.1, 0.15) is 25.8 Å². The van der Waals surface area contributed by atoms with E-state index in [4.69, 9.17) is 10.00 Å². The molecule has 1 atom stereocenters. The van der Waals surface area contributed by atoms with E-state index >= 15 is 0 Å². The first-order valence-electron chi connectivity index (χ1n) is 5.84. The number of aryl methyl sites for hydroxylation is 1. The van der Waals surface area contributed by atoms with Gasteiger partial charge in [0, 0.05) is 0 Å². The Hall–Kier alpha value is -2.02. The van der Waals surface area contributed by atoms with Crippen molar-refractivity contribution in [1.82, 2.24) is 0 Å². The molecule has 18 heavy (non-hydrogen) atoms. The number of hydrogen-bond acceptors (Lipinski definition) is 3. The van der Waals surface area contributed by atoms with Crippen molar-refractivity contribution in [2.24, 2.45) is 5.41 Å². The fraction of sp³-hybridized carbons (Fsp3) is 0.429. The molecule has 0 aliphatic carbocycles. The summed E-state index contributed by atoms with van der Waals surface area (Å²) in [5.41, 5.74) is 0.591. The number of nitrogens with zero attached hydrogens (tertiary/aromatic N) is 1. The van der Waals surface area contributed by atoms with Crippen LogP contribution in [0, 0.1) is 23.7 Å². The normalized spacial score (nSPS) is 13.3. The van der Waals surface area contributed by atoms with Gasteiger partial charge in [0.15, 0.2) is 0 Å². The Morgan fingerprint density at radius 1 is 1.56 bits per heavy atom. The maximum Gasteiger partial charge on any atom is 0.244 e. The summed E-state index contributed by atoms with van der Waals surface area (Å²) in [5, 5.41) is 11.8. The molecule has 4 nitrogen and oxygen atoms in total. The monoisotopic (exact) mass is 246 g/mol. The molecule has 1 aromatic carbocycles. The predicted molar refractivity (Wildman–Crippen MR) is 70.4 cm³/mol. The Kier molecular flexibility index (Phi) is 4.33. The molecule has 0 radical (unpaired) electrons. The Bertz CT molecular complexity index is 491. The number of anilines is 1. The number of amides is 1. The highest BCUT2D eigenvalue weighted by Crippen LogP contribution is 2.28. The highest BCUT2D eigenvalue weighted by Gasteiger charge is 2.31. The van der Waals surface area contributed by atoms with Gasteiger partial charge in [-0.2, -0.15) is 5.26 Å². The van der Waals surface area contributed by atoms with Gasteiger partial charge < -0.3 is 10.1 Å². The lowest BCUT2D eigenvalue weighted by Gasteiger charge is -2.19. The zero-order chi connectivity index (χ0) is 13.8. The first-order chi connectivity index (χ1) is 8.46. The van der Waals surface area contributed by atoms with Crippen LogP contribution < -0.4 is 10.1 Å². The number of ether oxygens (including phenoxy) is 1. The number of benzene rings is 1. The van der Waals surface area contributed by atoms with Crippen molar-refractivity contribution in [3.63, 3.8) is 0 Å². The summed E-state index contributed by atoms with van der Waals surface area (Å²) >= 11 is 0. The van der Waals surface area contributed by atoms with Crippen molar-refractivity contribution in [3.05, 3.63) is 23.8 Å². The Morgan fingerprint density at radius 3 is 2.72 bits per heavy atom. The number of nitrogens with one attached hydrogen (secondary N) is 1. The zero-order valence-corrected chi connectivity index (χ0v) is 11.2. The summed E-state index contributed by atoms with van der Waals surface area (Å²) in [6.45, 7) is 5.37. The van der Waals surface area contributed by atoms with E-state index in [9.17, 15) is 4.79 Å². The van der Waals surface area contributed by atoms with Gasteiger partial charge >= 0.3 is 0 Å². The molecule has 0 fully saturated rings. The third-order valence-electron chi connectivity index (χ3n) is 3.06. The molecule has 4 heteroatoms. The Morgan fingerprint density at radius 2 is 2.22 bits per heavy atom. The van der Waals surface area contributed by atoms with Crippen molar-refractivity contribution in [1.29, 1.82) is 5.26 Å². The topological polar surface area (TPSA) is 62.1 Å². The minimum absolute atomic E-state index is 0.309. The molecule has 0 bridgehead atoms. The van der Waals surface area contributed by atoms with Gasteiger partial charge in [-0.1, -0.05) is 13.0 Å². The molecule has 0 aliphatic rings. The van der Waals surface area contributed by atoms with Crippen LogP contribution in [0.2, 0.25) is 0 Å². The van der Waals surface area contributed by atoms with Gasteiger partial charge in [0.1, 0.15) is 11.2 Å². The first-order valence-corrected chi connectivity index (χ1v) is 5.84. The smallest absolute Gasteiger partial charge is 0.244 e. The van der Waals surface area contributed by atoms with E-state index < -0.39 is 5.41 Å². The minimum atomic E-state index is -1.02. The summed E-state index contributed by atoms with van der Waals surface area (Å²) in [4.78, 5) is 12.1. The number of nitriles is 1. The van der Waals surface area contributed by atoms with Crippen LogP contribution in [0.15, 0.2) is 18.2 Å². The lowest BCUT2D eigenvalue weighted by atomic mass is 9.88. The lowest BCUT2D eigenvalue weighted by Crippen LogP contribution is -2.31. The van der Waals surface area contributed by atoms with Crippen molar-refractivity contribution < 1.29 is 9.53 Å². The SMILES string of the molecule is CCC(C)(C#N)C(=O)Nc1cc(C)ccc1OC. The third-order valence-corrected chi connectivity index (χ3v) is 3.06. The molecule has 0 aromatic heterocycles. The van der Waals surface area contributed by atoms with Crippen LogP contribution in [0.25, 0.3) is 0 Å². The number of carbonyl (C=O) groups excluding carboxylic acids is 1. The van der Waals surface area contributed by atoms with Crippen LogP contribution in [0.5, 0.6) is 5.75 Å². The van der Waals surface area contributed by atoms with E-state index in [0.717, 1.165) is 5.56 Å². The van der Waals surface area contributed by atoms with Gasteiger partial charge in [0.2, 0.25) is 5.91 Å². The maximum absolute atomic E-state index is 12.1. The van der Waals surface area contributed by atoms with Gasteiger partial charge in [-0.05, 0) is 38.0 Å². The first kappa shape index (κ1) is 14.0. The molecular weight excluding hydrogens is 228 g/mol. The van der Waals surface area contributed by atoms with Crippen molar-refractivity contribution in [3.8, 4) is 11.8 Å². The van der Waals surface area contributed by atoms with Crippen molar-refractivity contribution in [2.45, 2.75) is 27.2 Å². The molecule has 1 amide bonds. The third kappa shape index (κ3) is 2.80. The van der Waals surface area contributed by atoms with E-state index in [1.807, 2.05) is 32.0 Å². The van der Waals surface area contributed by atoms with E-state index in [-0.39, 0.29) is 5.91 Å². The van der Waals surface area contributed by atoms with E-state index in [2.05, 4.69) is 5.32 Å². The van der Waals surface area contributed by atoms with Crippen molar-refractivity contribution in [2.75, 3.05) is 12.4 Å².